The Morgan fingerprint density at radius 2 is 1.74 bits per heavy atom. The SMILES string of the molecule is CC(C)C[C@@H]([C]=O)NC(=O)N1CC2CCC(CC2)C1. The van der Waals surface area contributed by atoms with Gasteiger partial charge in [0.05, 0.1) is 6.04 Å². The summed E-state index contributed by atoms with van der Waals surface area (Å²) in [6.07, 6.45) is 7.63. The van der Waals surface area contributed by atoms with E-state index in [0.29, 0.717) is 24.2 Å². The maximum atomic E-state index is 12.3. The number of urea groups is 1. The van der Waals surface area contributed by atoms with Gasteiger partial charge < -0.3 is 10.2 Å². The standard InChI is InChI=1S/C15H25N2O2/c1-11(2)7-14(10-18)16-15(19)17-8-12-3-4-13(9-17)6-5-12/h11-14H,3-9H2,1-2H3,(H,16,19)/t12?,13?,14-/m0/s1. The van der Waals surface area contributed by atoms with Crippen molar-refractivity contribution in [3.8, 4) is 0 Å². The van der Waals surface area contributed by atoms with Crippen molar-refractivity contribution in [1.29, 1.82) is 0 Å². The quantitative estimate of drug-likeness (QED) is 0.848. The molecule has 3 rings (SSSR count). The van der Waals surface area contributed by atoms with Crippen LogP contribution in [0.4, 0.5) is 4.79 Å². The maximum Gasteiger partial charge on any atom is 0.318 e. The molecule has 0 aromatic carbocycles. The summed E-state index contributed by atoms with van der Waals surface area (Å²) < 4.78 is 0. The van der Waals surface area contributed by atoms with Gasteiger partial charge in [-0.1, -0.05) is 13.8 Å². The van der Waals surface area contributed by atoms with E-state index in [0.717, 1.165) is 13.1 Å². The second-order valence-electron chi connectivity index (χ2n) is 6.54. The van der Waals surface area contributed by atoms with Crippen LogP contribution in [0.3, 0.4) is 0 Å². The largest absolute Gasteiger partial charge is 0.328 e. The summed E-state index contributed by atoms with van der Waals surface area (Å²) >= 11 is 0. The van der Waals surface area contributed by atoms with Crippen LogP contribution in [0.1, 0.15) is 46.0 Å². The van der Waals surface area contributed by atoms with E-state index in [1.54, 1.807) is 0 Å². The van der Waals surface area contributed by atoms with Gasteiger partial charge in [0.15, 0.2) is 0 Å². The van der Waals surface area contributed by atoms with Gasteiger partial charge in [0.25, 0.3) is 0 Å². The zero-order valence-electron chi connectivity index (χ0n) is 12.0. The molecule has 3 fully saturated rings. The molecule has 4 heteroatoms. The number of nitrogens with one attached hydrogen (secondary N) is 1. The van der Waals surface area contributed by atoms with Gasteiger partial charge in [0.1, 0.15) is 0 Å². The molecule has 1 atom stereocenters. The van der Waals surface area contributed by atoms with E-state index in [2.05, 4.69) is 5.32 Å². The first kappa shape index (κ1) is 14.4. The lowest BCUT2D eigenvalue weighted by Gasteiger charge is -2.25. The predicted molar refractivity (Wildman–Crippen MR) is 74.5 cm³/mol. The Balaban J connectivity index is 1.90. The summed E-state index contributed by atoms with van der Waals surface area (Å²) in [5.41, 5.74) is 0. The molecule has 107 valence electrons. The molecule has 2 aliphatic heterocycles. The summed E-state index contributed by atoms with van der Waals surface area (Å²) in [7, 11) is 0. The third-order valence-corrected chi connectivity index (χ3v) is 4.36. The molecule has 0 spiro atoms. The Hall–Kier alpha value is -1.06. The number of hydrogen-bond donors (Lipinski definition) is 1. The molecule has 2 heterocycles. The molecule has 0 unspecified atom stereocenters. The first-order valence-corrected chi connectivity index (χ1v) is 7.51. The van der Waals surface area contributed by atoms with E-state index in [-0.39, 0.29) is 6.03 Å². The van der Waals surface area contributed by atoms with E-state index in [4.69, 9.17) is 0 Å². The number of fused-ring (bicyclic) bond motifs is 4. The third kappa shape index (κ3) is 3.95. The Morgan fingerprint density at radius 1 is 1.21 bits per heavy atom. The van der Waals surface area contributed by atoms with Crippen LogP contribution in [-0.2, 0) is 4.79 Å². The Labute approximate surface area is 115 Å². The van der Waals surface area contributed by atoms with Gasteiger partial charge in [-0.05, 0) is 49.9 Å². The van der Waals surface area contributed by atoms with Crippen LogP contribution >= 0.6 is 0 Å². The smallest absolute Gasteiger partial charge is 0.318 e. The molecular formula is C15H25N2O2. The highest BCUT2D eigenvalue weighted by molar-refractivity contribution is 5.78. The van der Waals surface area contributed by atoms with Crippen molar-refractivity contribution < 1.29 is 9.59 Å². The number of carbonyl (C=O) groups excluding carboxylic acids is 2. The molecular weight excluding hydrogens is 240 g/mol. The number of rotatable bonds is 4. The van der Waals surface area contributed by atoms with Crippen LogP contribution in [-0.4, -0.2) is 36.3 Å². The van der Waals surface area contributed by atoms with Crippen LogP contribution in [0, 0.1) is 17.8 Å². The first-order chi connectivity index (χ1) is 9.08. The highest BCUT2D eigenvalue weighted by Gasteiger charge is 2.32. The van der Waals surface area contributed by atoms with Gasteiger partial charge in [-0.25, -0.2) is 4.79 Å². The molecule has 1 N–H and O–H groups in total. The fourth-order valence-corrected chi connectivity index (χ4v) is 3.31. The van der Waals surface area contributed by atoms with Gasteiger partial charge in [-0.2, -0.15) is 0 Å². The topological polar surface area (TPSA) is 49.4 Å². The molecule has 2 bridgehead atoms. The van der Waals surface area contributed by atoms with Crippen molar-refractivity contribution in [2.75, 3.05) is 13.1 Å². The van der Waals surface area contributed by atoms with Gasteiger partial charge >= 0.3 is 6.03 Å². The molecule has 1 aliphatic carbocycles. The average molecular weight is 265 g/mol. The van der Waals surface area contributed by atoms with Crippen LogP contribution in [0.15, 0.2) is 0 Å². The summed E-state index contributed by atoms with van der Waals surface area (Å²) in [6.45, 7) is 5.80. The van der Waals surface area contributed by atoms with E-state index in [1.165, 1.54) is 25.7 Å². The minimum atomic E-state index is -0.464. The van der Waals surface area contributed by atoms with Crippen molar-refractivity contribution in [2.45, 2.75) is 52.0 Å². The number of carbonyl (C=O) groups is 1. The minimum Gasteiger partial charge on any atom is -0.328 e. The fourth-order valence-electron chi connectivity index (χ4n) is 3.31. The van der Waals surface area contributed by atoms with Gasteiger partial charge in [0.2, 0.25) is 6.29 Å². The summed E-state index contributed by atoms with van der Waals surface area (Å²) in [6, 6.07) is -0.541. The predicted octanol–water partition coefficient (Wildman–Crippen LogP) is 2.34. The van der Waals surface area contributed by atoms with Crippen molar-refractivity contribution in [1.82, 2.24) is 10.2 Å². The highest BCUT2D eigenvalue weighted by Crippen LogP contribution is 2.33. The Bertz CT molecular complexity index is 308. The average Bonchev–Trinajstić information content (AvgIpc) is 2.70. The molecule has 2 amide bonds. The van der Waals surface area contributed by atoms with Gasteiger partial charge in [-0.3, -0.25) is 4.79 Å². The second kappa shape index (κ2) is 6.40. The van der Waals surface area contributed by atoms with E-state index in [9.17, 15) is 9.59 Å². The Kier molecular flexibility index (Phi) is 4.83. The molecule has 0 aromatic rings. The minimum absolute atomic E-state index is 0.0761. The molecule has 1 saturated carbocycles. The Morgan fingerprint density at radius 3 is 2.16 bits per heavy atom. The maximum absolute atomic E-state index is 12.3. The molecule has 4 nitrogen and oxygen atoms in total. The normalized spacial score (nSPS) is 28.1. The van der Waals surface area contributed by atoms with Crippen molar-refractivity contribution >= 4 is 12.3 Å². The molecule has 19 heavy (non-hydrogen) atoms. The zero-order chi connectivity index (χ0) is 13.8. The van der Waals surface area contributed by atoms with Gasteiger partial charge in [-0.15, -0.1) is 0 Å². The van der Waals surface area contributed by atoms with Crippen LogP contribution < -0.4 is 5.32 Å². The van der Waals surface area contributed by atoms with Crippen molar-refractivity contribution in [3.63, 3.8) is 0 Å². The second-order valence-corrected chi connectivity index (χ2v) is 6.54. The lowest BCUT2D eigenvalue weighted by molar-refractivity contribution is 0.189. The monoisotopic (exact) mass is 265 g/mol. The van der Waals surface area contributed by atoms with E-state index in [1.807, 2.05) is 25.0 Å². The van der Waals surface area contributed by atoms with Gasteiger partial charge in [0, 0.05) is 13.1 Å². The van der Waals surface area contributed by atoms with Crippen molar-refractivity contribution in [3.05, 3.63) is 0 Å². The molecule has 0 aromatic heterocycles. The summed E-state index contributed by atoms with van der Waals surface area (Å²) in [5.74, 6) is 1.70. The molecule has 1 radical (unpaired) electrons. The van der Waals surface area contributed by atoms with E-state index < -0.39 is 6.04 Å². The zero-order valence-corrected chi connectivity index (χ0v) is 12.0. The van der Waals surface area contributed by atoms with Crippen LogP contribution in [0.25, 0.3) is 0 Å². The third-order valence-electron chi connectivity index (χ3n) is 4.36. The number of hydrogen-bond acceptors (Lipinski definition) is 2. The van der Waals surface area contributed by atoms with Crippen LogP contribution in [0.5, 0.6) is 0 Å². The number of amides is 2. The lowest BCUT2D eigenvalue weighted by Crippen LogP contribution is -2.47. The number of nitrogens with zero attached hydrogens (tertiary/aromatic N) is 1. The first-order valence-electron chi connectivity index (χ1n) is 7.51. The summed E-state index contributed by atoms with van der Waals surface area (Å²) in [5, 5.41) is 2.83. The molecule has 3 aliphatic rings. The van der Waals surface area contributed by atoms with Crippen molar-refractivity contribution in [2.24, 2.45) is 17.8 Å². The lowest BCUT2D eigenvalue weighted by atomic mass is 9.84. The summed E-state index contributed by atoms with van der Waals surface area (Å²) in [4.78, 5) is 25.1. The van der Waals surface area contributed by atoms with E-state index >= 15 is 0 Å². The molecule has 2 saturated heterocycles. The highest BCUT2D eigenvalue weighted by atomic mass is 16.2. The van der Waals surface area contributed by atoms with Crippen LogP contribution in [0.2, 0.25) is 0 Å². The fraction of sp³-hybridized carbons (Fsp3) is 0.867.